The molecule has 3 aromatic rings. The van der Waals surface area contributed by atoms with Crippen LogP contribution < -0.4 is 5.32 Å². The van der Waals surface area contributed by atoms with Gasteiger partial charge >= 0.3 is 0 Å². The Morgan fingerprint density at radius 1 is 1.15 bits per heavy atom. The molecule has 0 saturated carbocycles. The van der Waals surface area contributed by atoms with Gasteiger partial charge in [0.05, 0.1) is 12.1 Å². The lowest BCUT2D eigenvalue weighted by molar-refractivity contribution is 0.0947. The van der Waals surface area contributed by atoms with Crippen molar-refractivity contribution in [3.63, 3.8) is 0 Å². The van der Waals surface area contributed by atoms with Gasteiger partial charge in [0.15, 0.2) is 0 Å². The first-order valence-electron chi connectivity index (χ1n) is 8.66. The standard InChI is InChI=1S/C21H22N2OS2/c1-16-8-10-17(11-9-16)5-3-14-26-21-19(7-2-12-22-21)20(24)23-15-18-6-4-13-25-18/h2,4,6-13H,3,5,14-15H2,1H3,(H,23,24). The molecule has 1 aromatic carbocycles. The van der Waals surface area contributed by atoms with Crippen molar-refractivity contribution >= 4 is 29.0 Å². The van der Waals surface area contributed by atoms with Crippen LogP contribution in [-0.4, -0.2) is 16.6 Å². The number of thioether (sulfide) groups is 1. The van der Waals surface area contributed by atoms with E-state index in [0.717, 1.165) is 28.5 Å². The van der Waals surface area contributed by atoms with Crippen molar-refractivity contribution in [2.24, 2.45) is 0 Å². The molecule has 0 spiro atoms. The molecule has 3 rings (SSSR count). The third-order valence-corrected chi connectivity index (χ3v) is 5.96. The van der Waals surface area contributed by atoms with Crippen molar-refractivity contribution in [3.8, 4) is 0 Å². The van der Waals surface area contributed by atoms with E-state index in [1.54, 1.807) is 29.3 Å². The van der Waals surface area contributed by atoms with Gasteiger partial charge in [0.25, 0.3) is 5.91 Å². The molecule has 1 N–H and O–H groups in total. The van der Waals surface area contributed by atoms with Crippen LogP contribution in [0.3, 0.4) is 0 Å². The lowest BCUT2D eigenvalue weighted by Gasteiger charge is -2.08. The van der Waals surface area contributed by atoms with E-state index in [1.165, 1.54) is 11.1 Å². The van der Waals surface area contributed by atoms with Gasteiger partial charge in [0, 0.05) is 11.1 Å². The fourth-order valence-electron chi connectivity index (χ4n) is 2.55. The highest BCUT2D eigenvalue weighted by Crippen LogP contribution is 2.22. The molecule has 5 heteroatoms. The highest BCUT2D eigenvalue weighted by molar-refractivity contribution is 7.99. The van der Waals surface area contributed by atoms with Crippen LogP contribution in [0.4, 0.5) is 0 Å². The van der Waals surface area contributed by atoms with Gasteiger partial charge in [-0.2, -0.15) is 0 Å². The fourth-order valence-corrected chi connectivity index (χ4v) is 4.13. The zero-order valence-corrected chi connectivity index (χ0v) is 16.4. The molecule has 26 heavy (non-hydrogen) atoms. The number of pyridine rings is 1. The Balaban J connectivity index is 1.51. The summed E-state index contributed by atoms with van der Waals surface area (Å²) in [5, 5.41) is 5.80. The molecular weight excluding hydrogens is 360 g/mol. The number of benzene rings is 1. The minimum Gasteiger partial charge on any atom is -0.347 e. The largest absolute Gasteiger partial charge is 0.347 e. The molecule has 0 bridgehead atoms. The Hall–Kier alpha value is -2.11. The number of hydrogen-bond acceptors (Lipinski definition) is 4. The van der Waals surface area contributed by atoms with E-state index in [9.17, 15) is 4.79 Å². The molecule has 3 nitrogen and oxygen atoms in total. The van der Waals surface area contributed by atoms with Crippen molar-refractivity contribution < 1.29 is 4.79 Å². The van der Waals surface area contributed by atoms with E-state index in [0.29, 0.717) is 12.1 Å². The van der Waals surface area contributed by atoms with E-state index in [4.69, 9.17) is 0 Å². The smallest absolute Gasteiger partial charge is 0.254 e. The Labute approximate surface area is 162 Å². The van der Waals surface area contributed by atoms with E-state index >= 15 is 0 Å². The highest BCUT2D eigenvalue weighted by atomic mass is 32.2. The Morgan fingerprint density at radius 3 is 2.77 bits per heavy atom. The summed E-state index contributed by atoms with van der Waals surface area (Å²) in [6.45, 7) is 2.66. The van der Waals surface area contributed by atoms with Crippen LogP contribution in [0.2, 0.25) is 0 Å². The molecule has 0 aliphatic heterocycles. The first-order valence-corrected chi connectivity index (χ1v) is 10.5. The van der Waals surface area contributed by atoms with Gasteiger partial charge in [0.1, 0.15) is 5.03 Å². The molecule has 0 unspecified atom stereocenters. The number of rotatable bonds is 8. The zero-order valence-electron chi connectivity index (χ0n) is 14.8. The normalized spacial score (nSPS) is 10.7. The topological polar surface area (TPSA) is 42.0 Å². The number of carbonyl (C=O) groups excluding carboxylic acids is 1. The maximum absolute atomic E-state index is 12.5. The molecule has 0 aliphatic rings. The van der Waals surface area contributed by atoms with E-state index in [2.05, 4.69) is 41.5 Å². The van der Waals surface area contributed by atoms with Gasteiger partial charge in [-0.3, -0.25) is 4.79 Å². The lowest BCUT2D eigenvalue weighted by Crippen LogP contribution is -2.23. The molecule has 0 radical (unpaired) electrons. The molecule has 0 aliphatic carbocycles. The maximum atomic E-state index is 12.5. The zero-order chi connectivity index (χ0) is 18.2. The van der Waals surface area contributed by atoms with Crippen molar-refractivity contribution in [1.29, 1.82) is 0 Å². The number of amides is 1. The van der Waals surface area contributed by atoms with Crippen LogP contribution in [0.15, 0.2) is 65.1 Å². The summed E-state index contributed by atoms with van der Waals surface area (Å²) in [5.41, 5.74) is 3.30. The predicted octanol–water partition coefficient (Wildman–Crippen LogP) is 5.11. The van der Waals surface area contributed by atoms with Crippen LogP contribution in [0.25, 0.3) is 0 Å². The van der Waals surface area contributed by atoms with Crippen molar-refractivity contribution in [1.82, 2.24) is 10.3 Å². The van der Waals surface area contributed by atoms with E-state index in [1.807, 2.05) is 29.6 Å². The monoisotopic (exact) mass is 382 g/mol. The number of nitrogens with zero attached hydrogens (tertiary/aromatic N) is 1. The number of aromatic nitrogens is 1. The molecular formula is C21H22N2OS2. The second kappa shape index (κ2) is 9.55. The molecule has 0 fully saturated rings. The van der Waals surface area contributed by atoms with Gasteiger partial charge in [-0.15, -0.1) is 23.1 Å². The molecule has 0 atom stereocenters. The summed E-state index contributed by atoms with van der Waals surface area (Å²) in [4.78, 5) is 18.0. The summed E-state index contributed by atoms with van der Waals surface area (Å²) < 4.78 is 0. The summed E-state index contributed by atoms with van der Waals surface area (Å²) in [6, 6.07) is 16.3. The Kier molecular flexibility index (Phi) is 6.86. The summed E-state index contributed by atoms with van der Waals surface area (Å²) in [7, 11) is 0. The first kappa shape index (κ1) is 18.7. The molecule has 1 amide bonds. The van der Waals surface area contributed by atoms with Gasteiger partial charge in [-0.1, -0.05) is 35.9 Å². The molecule has 2 aromatic heterocycles. The minimum absolute atomic E-state index is 0.0625. The van der Waals surface area contributed by atoms with Gasteiger partial charge < -0.3 is 5.32 Å². The van der Waals surface area contributed by atoms with Gasteiger partial charge in [-0.25, -0.2) is 4.98 Å². The van der Waals surface area contributed by atoms with Crippen molar-refractivity contribution in [3.05, 3.63) is 81.7 Å². The number of hydrogen-bond donors (Lipinski definition) is 1. The number of aryl methyl sites for hydroxylation is 2. The van der Waals surface area contributed by atoms with Crippen LogP contribution in [-0.2, 0) is 13.0 Å². The third kappa shape index (κ3) is 5.44. The van der Waals surface area contributed by atoms with Gasteiger partial charge in [0.2, 0.25) is 0 Å². The average molecular weight is 383 g/mol. The summed E-state index contributed by atoms with van der Waals surface area (Å²) in [6.07, 6.45) is 3.85. The molecule has 2 heterocycles. The second-order valence-corrected chi connectivity index (χ2v) is 8.17. The molecule has 0 saturated heterocycles. The molecule has 134 valence electrons. The third-order valence-electron chi connectivity index (χ3n) is 3.99. The Morgan fingerprint density at radius 2 is 2.00 bits per heavy atom. The number of thiophene rings is 1. The minimum atomic E-state index is -0.0625. The van der Waals surface area contributed by atoms with Crippen LogP contribution in [0.5, 0.6) is 0 Å². The second-order valence-electron chi connectivity index (χ2n) is 6.06. The van der Waals surface area contributed by atoms with Crippen LogP contribution in [0.1, 0.15) is 32.8 Å². The highest BCUT2D eigenvalue weighted by Gasteiger charge is 2.12. The Bertz CT molecular complexity index is 829. The van der Waals surface area contributed by atoms with Crippen LogP contribution >= 0.6 is 23.1 Å². The summed E-state index contributed by atoms with van der Waals surface area (Å²) >= 11 is 3.30. The van der Waals surface area contributed by atoms with E-state index in [-0.39, 0.29) is 5.91 Å². The number of nitrogens with one attached hydrogen (secondary N) is 1. The van der Waals surface area contributed by atoms with Crippen LogP contribution in [0, 0.1) is 6.92 Å². The summed E-state index contributed by atoms with van der Waals surface area (Å²) in [5.74, 6) is 0.878. The predicted molar refractivity (Wildman–Crippen MR) is 110 cm³/mol. The maximum Gasteiger partial charge on any atom is 0.254 e. The first-order chi connectivity index (χ1) is 12.7. The van der Waals surface area contributed by atoms with E-state index < -0.39 is 0 Å². The SMILES string of the molecule is Cc1ccc(CCCSc2ncccc2C(=O)NCc2cccs2)cc1. The fraction of sp³-hybridized carbons (Fsp3) is 0.238. The number of carbonyl (C=O) groups is 1. The van der Waals surface area contributed by atoms with Crippen molar-refractivity contribution in [2.75, 3.05) is 5.75 Å². The van der Waals surface area contributed by atoms with Crippen molar-refractivity contribution in [2.45, 2.75) is 31.3 Å². The lowest BCUT2D eigenvalue weighted by atomic mass is 10.1. The van der Waals surface area contributed by atoms with Gasteiger partial charge in [-0.05, 0) is 54.7 Å². The average Bonchev–Trinajstić information content (AvgIpc) is 3.19. The quantitative estimate of drug-likeness (QED) is 0.435.